The molecule has 0 aromatic carbocycles. The number of amides is 1. The number of piperazine rings is 1. The molecule has 2 aliphatic heterocycles. The van der Waals surface area contributed by atoms with Crippen molar-refractivity contribution in [2.24, 2.45) is 0 Å². The van der Waals surface area contributed by atoms with Crippen molar-refractivity contribution in [3.8, 4) is 0 Å². The van der Waals surface area contributed by atoms with Crippen LogP contribution in [0.3, 0.4) is 0 Å². The second kappa shape index (κ2) is 5.56. The fraction of sp³-hybridized carbons (Fsp3) is 0.929. The van der Waals surface area contributed by atoms with Gasteiger partial charge < -0.3 is 4.90 Å². The minimum Gasteiger partial charge on any atom is -0.339 e. The van der Waals surface area contributed by atoms with Gasteiger partial charge in [0.1, 0.15) is 0 Å². The van der Waals surface area contributed by atoms with Crippen molar-refractivity contribution >= 4 is 5.91 Å². The number of nitrogens with one attached hydrogen (secondary N) is 1. The van der Waals surface area contributed by atoms with Crippen molar-refractivity contribution in [3.63, 3.8) is 0 Å². The average Bonchev–Trinajstić information content (AvgIpc) is 3.07. The lowest BCUT2D eigenvalue weighted by molar-refractivity contribution is -0.135. The van der Waals surface area contributed by atoms with Gasteiger partial charge in [0, 0.05) is 38.6 Å². The van der Waals surface area contributed by atoms with E-state index in [1.54, 1.807) is 4.90 Å². The maximum absolute atomic E-state index is 13.1. The Morgan fingerprint density at radius 1 is 1.10 bits per heavy atom. The Morgan fingerprint density at radius 3 is 2.30 bits per heavy atom. The molecule has 2 saturated heterocycles. The zero-order valence-corrected chi connectivity index (χ0v) is 11.8. The molecular weight excluding hydrogens is 264 g/mol. The topological polar surface area (TPSA) is 35.6 Å². The summed E-state index contributed by atoms with van der Waals surface area (Å²) in [4.78, 5) is 16.4. The second-order valence-corrected chi connectivity index (χ2v) is 6.29. The van der Waals surface area contributed by atoms with Gasteiger partial charge >= 0.3 is 0 Å². The van der Waals surface area contributed by atoms with Crippen molar-refractivity contribution in [1.29, 1.82) is 0 Å². The number of carbonyl (C=O) groups excluding carboxylic acids is 1. The highest BCUT2D eigenvalue weighted by Crippen LogP contribution is 2.27. The summed E-state index contributed by atoms with van der Waals surface area (Å²) in [6.45, 7) is 2.77. The van der Waals surface area contributed by atoms with Crippen LogP contribution in [0.1, 0.15) is 32.1 Å². The maximum atomic E-state index is 13.1. The summed E-state index contributed by atoms with van der Waals surface area (Å²) in [6, 6.07) is -0.00998. The molecule has 1 amide bonds. The third-order valence-electron chi connectivity index (χ3n) is 4.87. The third kappa shape index (κ3) is 2.96. The van der Waals surface area contributed by atoms with Gasteiger partial charge in [0.2, 0.25) is 5.91 Å². The number of hydrogen-bond donors (Lipinski definition) is 1. The van der Waals surface area contributed by atoms with E-state index in [-0.39, 0.29) is 18.9 Å². The lowest BCUT2D eigenvalue weighted by Gasteiger charge is -2.38. The molecule has 1 aliphatic carbocycles. The average molecular weight is 287 g/mol. The number of hydrogen-bond acceptors (Lipinski definition) is 3. The molecule has 3 rings (SSSR count). The molecule has 1 saturated carbocycles. The number of alkyl halides is 2. The van der Waals surface area contributed by atoms with E-state index in [1.165, 1.54) is 25.7 Å². The molecule has 0 bridgehead atoms. The van der Waals surface area contributed by atoms with Crippen molar-refractivity contribution in [2.75, 3.05) is 32.7 Å². The smallest absolute Gasteiger partial charge is 0.262 e. The van der Waals surface area contributed by atoms with Crippen molar-refractivity contribution in [2.45, 2.75) is 50.1 Å². The summed E-state index contributed by atoms with van der Waals surface area (Å²) >= 11 is 0. The van der Waals surface area contributed by atoms with E-state index in [0.29, 0.717) is 19.1 Å². The lowest BCUT2D eigenvalue weighted by Crippen LogP contribution is -2.54. The molecule has 114 valence electrons. The Hall–Kier alpha value is -0.750. The molecule has 0 aromatic rings. The zero-order valence-electron chi connectivity index (χ0n) is 11.8. The monoisotopic (exact) mass is 287 g/mol. The minimum absolute atomic E-state index is 0.145. The summed E-state index contributed by atoms with van der Waals surface area (Å²) in [5.74, 6) is -2.88. The Balaban J connectivity index is 1.49. The van der Waals surface area contributed by atoms with Crippen LogP contribution in [-0.2, 0) is 4.79 Å². The van der Waals surface area contributed by atoms with Gasteiger partial charge in [-0.2, -0.15) is 0 Å². The van der Waals surface area contributed by atoms with Crippen LogP contribution in [-0.4, -0.2) is 66.4 Å². The molecule has 6 heteroatoms. The summed E-state index contributed by atoms with van der Waals surface area (Å²) in [5.41, 5.74) is 0. The molecule has 0 spiro atoms. The molecule has 0 radical (unpaired) electrons. The van der Waals surface area contributed by atoms with Crippen LogP contribution in [0.2, 0.25) is 0 Å². The Bertz CT molecular complexity index is 363. The number of nitrogens with zero attached hydrogens (tertiary/aromatic N) is 2. The van der Waals surface area contributed by atoms with Crippen LogP contribution in [0.4, 0.5) is 8.78 Å². The van der Waals surface area contributed by atoms with E-state index < -0.39 is 12.0 Å². The van der Waals surface area contributed by atoms with E-state index in [2.05, 4.69) is 10.2 Å². The summed E-state index contributed by atoms with van der Waals surface area (Å²) < 4.78 is 26.3. The predicted molar refractivity (Wildman–Crippen MR) is 71.8 cm³/mol. The van der Waals surface area contributed by atoms with Gasteiger partial charge in [-0.1, -0.05) is 12.8 Å². The number of halogens is 2. The SMILES string of the molecule is O=C(C1CC(F)(F)CN1)N1CCN(C2CCCC2)CC1. The molecule has 2 heterocycles. The van der Waals surface area contributed by atoms with Crippen LogP contribution in [0.25, 0.3) is 0 Å². The minimum atomic E-state index is -2.73. The fourth-order valence-electron chi connectivity index (χ4n) is 3.69. The van der Waals surface area contributed by atoms with Gasteiger partial charge in [0.25, 0.3) is 5.92 Å². The Kier molecular flexibility index (Phi) is 3.95. The molecule has 4 nitrogen and oxygen atoms in total. The van der Waals surface area contributed by atoms with Gasteiger partial charge in [-0.25, -0.2) is 8.78 Å². The van der Waals surface area contributed by atoms with Crippen molar-refractivity contribution in [3.05, 3.63) is 0 Å². The molecule has 3 aliphatic rings. The van der Waals surface area contributed by atoms with Gasteiger partial charge in [-0.05, 0) is 12.8 Å². The van der Waals surface area contributed by atoms with E-state index in [4.69, 9.17) is 0 Å². The summed E-state index contributed by atoms with van der Waals surface area (Å²) in [7, 11) is 0. The van der Waals surface area contributed by atoms with E-state index in [9.17, 15) is 13.6 Å². The van der Waals surface area contributed by atoms with E-state index in [0.717, 1.165) is 13.1 Å². The molecule has 0 aromatic heterocycles. The molecule has 1 N–H and O–H groups in total. The first-order valence-electron chi connectivity index (χ1n) is 7.69. The highest BCUT2D eigenvalue weighted by Gasteiger charge is 2.44. The van der Waals surface area contributed by atoms with Crippen molar-refractivity contribution in [1.82, 2.24) is 15.1 Å². The highest BCUT2D eigenvalue weighted by molar-refractivity contribution is 5.82. The van der Waals surface area contributed by atoms with Crippen LogP contribution < -0.4 is 5.32 Å². The van der Waals surface area contributed by atoms with Crippen LogP contribution in [0.15, 0.2) is 0 Å². The largest absolute Gasteiger partial charge is 0.339 e. The van der Waals surface area contributed by atoms with Crippen molar-refractivity contribution < 1.29 is 13.6 Å². The summed E-state index contributed by atoms with van der Waals surface area (Å²) in [5, 5.41) is 2.66. The van der Waals surface area contributed by atoms with Crippen LogP contribution in [0, 0.1) is 0 Å². The predicted octanol–water partition coefficient (Wildman–Crippen LogP) is 1.07. The van der Waals surface area contributed by atoms with Gasteiger partial charge in [0.15, 0.2) is 0 Å². The van der Waals surface area contributed by atoms with Gasteiger partial charge in [-0.3, -0.25) is 15.0 Å². The first-order chi connectivity index (χ1) is 9.55. The standard InChI is InChI=1S/C14H23F2N3O/c15-14(16)9-12(17-10-14)13(20)19-7-5-18(6-8-19)11-3-1-2-4-11/h11-12,17H,1-10H2. The molecule has 3 fully saturated rings. The maximum Gasteiger partial charge on any atom is 0.262 e. The van der Waals surface area contributed by atoms with E-state index >= 15 is 0 Å². The quantitative estimate of drug-likeness (QED) is 0.825. The van der Waals surface area contributed by atoms with Gasteiger partial charge in [-0.15, -0.1) is 0 Å². The first-order valence-corrected chi connectivity index (χ1v) is 7.69. The Morgan fingerprint density at radius 2 is 1.75 bits per heavy atom. The van der Waals surface area contributed by atoms with Crippen LogP contribution in [0.5, 0.6) is 0 Å². The number of carbonyl (C=O) groups is 1. The Labute approximate surface area is 118 Å². The lowest BCUT2D eigenvalue weighted by atomic mass is 10.1. The normalized spacial score (nSPS) is 31.9. The summed E-state index contributed by atoms with van der Waals surface area (Å²) in [6.07, 6.45) is 4.80. The van der Waals surface area contributed by atoms with Crippen LogP contribution >= 0.6 is 0 Å². The molecular formula is C14H23F2N3O. The molecule has 1 unspecified atom stereocenters. The third-order valence-corrected chi connectivity index (χ3v) is 4.87. The second-order valence-electron chi connectivity index (χ2n) is 6.29. The molecule has 20 heavy (non-hydrogen) atoms. The first kappa shape index (κ1) is 14.2. The number of rotatable bonds is 2. The molecule has 1 atom stereocenters. The fourth-order valence-corrected chi connectivity index (χ4v) is 3.69. The van der Waals surface area contributed by atoms with Gasteiger partial charge in [0.05, 0.1) is 12.6 Å². The zero-order chi connectivity index (χ0) is 14.2. The highest BCUT2D eigenvalue weighted by atomic mass is 19.3. The van der Waals surface area contributed by atoms with E-state index in [1.807, 2.05) is 0 Å².